The quantitative estimate of drug-likeness (QED) is 0.267. The van der Waals surface area contributed by atoms with Crippen molar-refractivity contribution in [3.05, 3.63) is 79.4 Å². The summed E-state index contributed by atoms with van der Waals surface area (Å²) in [7, 11) is 0. The van der Waals surface area contributed by atoms with E-state index in [1.54, 1.807) is 6.07 Å². The molecule has 0 aliphatic rings. The van der Waals surface area contributed by atoms with E-state index in [0.717, 1.165) is 18.2 Å². The molecule has 0 aromatic heterocycles. The molecule has 2 aromatic rings. The molecule has 0 radical (unpaired) electrons. The highest BCUT2D eigenvalue weighted by Crippen LogP contribution is 2.28. The second kappa shape index (κ2) is 7.34. The normalized spacial score (nSPS) is 10.5. The number of nitro groups is 2. The van der Waals surface area contributed by atoms with Gasteiger partial charge in [-0.15, -0.1) is 0 Å². The Balaban J connectivity index is 2.09. The maximum absolute atomic E-state index is 11.7. The van der Waals surface area contributed by atoms with Gasteiger partial charge in [-0.05, 0) is 17.7 Å². The summed E-state index contributed by atoms with van der Waals surface area (Å²) in [5, 5.41) is 21.2. The molecule has 0 heterocycles. The molecule has 24 heavy (non-hydrogen) atoms. The molecule has 0 fully saturated rings. The zero-order valence-electron chi connectivity index (χ0n) is 11.9. The summed E-state index contributed by atoms with van der Waals surface area (Å²) >= 11 is 5.81. The summed E-state index contributed by atoms with van der Waals surface area (Å²) in [6.07, 6.45) is 2.41. The second-order valence-corrected chi connectivity index (χ2v) is 4.89. The molecule has 0 N–H and O–H groups in total. The Kier molecular flexibility index (Phi) is 5.23. The zero-order chi connectivity index (χ0) is 17.7. The van der Waals surface area contributed by atoms with Gasteiger partial charge in [-0.25, -0.2) is 4.79 Å². The number of nitro benzene ring substituents is 2. The van der Waals surface area contributed by atoms with Gasteiger partial charge in [0.1, 0.15) is 5.75 Å². The lowest BCUT2D eigenvalue weighted by atomic mass is 10.2. The molecule has 0 saturated heterocycles. The van der Waals surface area contributed by atoms with Crippen molar-refractivity contribution in [1.29, 1.82) is 0 Å². The highest BCUT2D eigenvalue weighted by atomic mass is 35.5. The highest BCUT2D eigenvalue weighted by molar-refractivity contribution is 6.32. The standard InChI is InChI=1S/C15H9ClN2O6/c16-13-9-12(18(22)23)5-6-14(13)24-15(19)7-4-10-2-1-3-11(8-10)17(20)21/h1-9H/b7-4+. The van der Waals surface area contributed by atoms with Crippen molar-refractivity contribution >= 4 is 35.0 Å². The topological polar surface area (TPSA) is 113 Å². The number of non-ortho nitro benzene ring substituents is 2. The minimum atomic E-state index is -0.780. The Hall–Kier alpha value is -3.26. The first-order chi connectivity index (χ1) is 11.4. The predicted molar refractivity (Wildman–Crippen MR) is 85.9 cm³/mol. The molecule has 8 nitrogen and oxygen atoms in total. The summed E-state index contributed by atoms with van der Waals surface area (Å²) in [6.45, 7) is 0. The molecule has 0 aliphatic heterocycles. The van der Waals surface area contributed by atoms with Crippen LogP contribution in [0.15, 0.2) is 48.5 Å². The van der Waals surface area contributed by atoms with Gasteiger partial charge in [0, 0.05) is 30.3 Å². The largest absolute Gasteiger partial charge is 0.422 e. The van der Waals surface area contributed by atoms with Gasteiger partial charge in [0.2, 0.25) is 0 Å². The first-order valence-electron chi connectivity index (χ1n) is 6.45. The number of esters is 1. The molecule has 122 valence electrons. The third-order valence-electron chi connectivity index (χ3n) is 2.83. The SMILES string of the molecule is O=C(/C=C/c1cccc([N+](=O)[O-])c1)Oc1ccc([N+](=O)[O-])cc1Cl. The second-order valence-electron chi connectivity index (χ2n) is 4.48. The molecule has 0 aliphatic carbocycles. The van der Waals surface area contributed by atoms with E-state index >= 15 is 0 Å². The summed E-state index contributed by atoms with van der Waals surface area (Å²) in [5.74, 6) is -0.812. The molecular weight excluding hydrogens is 340 g/mol. The van der Waals surface area contributed by atoms with Crippen LogP contribution >= 0.6 is 11.6 Å². The van der Waals surface area contributed by atoms with E-state index in [-0.39, 0.29) is 22.1 Å². The molecule has 0 amide bonds. The third kappa shape index (κ3) is 4.37. The Morgan fingerprint density at radius 3 is 2.33 bits per heavy atom. The predicted octanol–water partition coefficient (Wildman–Crippen LogP) is 3.78. The first kappa shape index (κ1) is 17.1. The zero-order valence-corrected chi connectivity index (χ0v) is 12.7. The van der Waals surface area contributed by atoms with Crippen molar-refractivity contribution in [2.24, 2.45) is 0 Å². The van der Waals surface area contributed by atoms with E-state index in [2.05, 4.69) is 0 Å². The smallest absolute Gasteiger partial charge is 0.336 e. The average Bonchev–Trinajstić information content (AvgIpc) is 2.55. The summed E-state index contributed by atoms with van der Waals surface area (Å²) in [6, 6.07) is 9.10. The van der Waals surface area contributed by atoms with Crippen LogP contribution < -0.4 is 4.74 Å². The fourth-order valence-corrected chi connectivity index (χ4v) is 1.95. The van der Waals surface area contributed by atoms with E-state index in [1.807, 2.05) is 0 Å². The highest BCUT2D eigenvalue weighted by Gasteiger charge is 2.12. The molecule has 0 atom stereocenters. The van der Waals surface area contributed by atoms with Crippen molar-refractivity contribution in [3.63, 3.8) is 0 Å². The van der Waals surface area contributed by atoms with Crippen molar-refractivity contribution in [2.75, 3.05) is 0 Å². The van der Waals surface area contributed by atoms with Gasteiger partial charge in [-0.1, -0.05) is 23.7 Å². The van der Waals surface area contributed by atoms with Gasteiger partial charge < -0.3 is 4.74 Å². The minimum absolute atomic E-state index is 0.0315. The Morgan fingerprint density at radius 2 is 1.71 bits per heavy atom. The van der Waals surface area contributed by atoms with Crippen molar-refractivity contribution < 1.29 is 19.4 Å². The number of nitrogens with zero attached hydrogens (tertiary/aromatic N) is 2. The first-order valence-corrected chi connectivity index (χ1v) is 6.83. The Morgan fingerprint density at radius 1 is 1.04 bits per heavy atom. The van der Waals surface area contributed by atoms with Crippen LogP contribution in [-0.4, -0.2) is 15.8 Å². The molecular formula is C15H9ClN2O6. The van der Waals surface area contributed by atoms with Crippen LogP contribution in [0, 0.1) is 20.2 Å². The van der Waals surface area contributed by atoms with Crippen LogP contribution in [0.3, 0.4) is 0 Å². The van der Waals surface area contributed by atoms with Gasteiger partial charge >= 0.3 is 5.97 Å². The van der Waals surface area contributed by atoms with Gasteiger partial charge in [0.15, 0.2) is 0 Å². The van der Waals surface area contributed by atoms with E-state index in [4.69, 9.17) is 16.3 Å². The fraction of sp³-hybridized carbons (Fsp3) is 0. The van der Waals surface area contributed by atoms with Gasteiger partial charge in [0.05, 0.1) is 14.9 Å². The van der Waals surface area contributed by atoms with Crippen LogP contribution in [-0.2, 0) is 4.79 Å². The van der Waals surface area contributed by atoms with E-state index in [0.29, 0.717) is 5.56 Å². The number of hydrogen-bond donors (Lipinski definition) is 0. The maximum Gasteiger partial charge on any atom is 0.336 e. The van der Waals surface area contributed by atoms with Gasteiger partial charge in [0.25, 0.3) is 11.4 Å². The summed E-state index contributed by atoms with van der Waals surface area (Å²) < 4.78 is 4.97. The number of benzene rings is 2. The lowest BCUT2D eigenvalue weighted by Crippen LogP contribution is -2.04. The molecule has 0 saturated carbocycles. The molecule has 0 bridgehead atoms. The molecule has 2 rings (SSSR count). The van der Waals surface area contributed by atoms with Crippen LogP contribution in [0.1, 0.15) is 5.56 Å². The molecule has 2 aromatic carbocycles. The average molecular weight is 349 g/mol. The number of carbonyl (C=O) groups is 1. The van der Waals surface area contributed by atoms with E-state index in [9.17, 15) is 25.0 Å². The lowest BCUT2D eigenvalue weighted by Gasteiger charge is -2.03. The molecule has 9 heteroatoms. The monoisotopic (exact) mass is 348 g/mol. The summed E-state index contributed by atoms with van der Waals surface area (Å²) in [4.78, 5) is 31.8. The lowest BCUT2D eigenvalue weighted by molar-refractivity contribution is -0.385. The molecule has 0 spiro atoms. The minimum Gasteiger partial charge on any atom is -0.422 e. The van der Waals surface area contributed by atoms with Crippen molar-refractivity contribution in [1.82, 2.24) is 0 Å². The number of rotatable bonds is 5. The Labute approximate surface area is 140 Å². The number of ether oxygens (including phenoxy) is 1. The number of carbonyl (C=O) groups excluding carboxylic acids is 1. The van der Waals surface area contributed by atoms with Crippen LogP contribution in [0.2, 0.25) is 5.02 Å². The van der Waals surface area contributed by atoms with Crippen molar-refractivity contribution in [2.45, 2.75) is 0 Å². The van der Waals surface area contributed by atoms with Gasteiger partial charge in [-0.2, -0.15) is 0 Å². The third-order valence-corrected chi connectivity index (χ3v) is 3.13. The fourth-order valence-electron chi connectivity index (χ4n) is 1.73. The Bertz CT molecular complexity index is 850. The summed E-state index contributed by atoms with van der Waals surface area (Å²) in [5.41, 5.74) is 0.104. The van der Waals surface area contributed by atoms with Gasteiger partial charge in [-0.3, -0.25) is 20.2 Å². The number of halogens is 1. The van der Waals surface area contributed by atoms with Crippen LogP contribution in [0.25, 0.3) is 6.08 Å². The van der Waals surface area contributed by atoms with E-state index in [1.165, 1.54) is 30.3 Å². The van der Waals surface area contributed by atoms with Crippen LogP contribution in [0.5, 0.6) is 5.75 Å². The maximum atomic E-state index is 11.7. The van der Waals surface area contributed by atoms with Crippen molar-refractivity contribution in [3.8, 4) is 5.75 Å². The molecule has 0 unspecified atom stereocenters. The van der Waals surface area contributed by atoms with E-state index < -0.39 is 15.8 Å². The number of hydrogen-bond acceptors (Lipinski definition) is 6. The van der Waals surface area contributed by atoms with Crippen LogP contribution in [0.4, 0.5) is 11.4 Å².